The number of sulfonamides is 1. The Kier molecular flexibility index (Phi) is 11.7. The lowest BCUT2D eigenvalue weighted by atomic mass is 10.2. The van der Waals surface area contributed by atoms with Crippen LogP contribution in [-0.4, -0.2) is 13.4 Å². The lowest BCUT2D eigenvalue weighted by molar-refractivity contribution is 0.601. The first-order chi connectivity index (χ1) is 12.6. The van der Waals surface area contributed by atoms with Crippen molar-refractivity contribution in [2.75, 3.05) is 4.72 Å². The third-order valence-electron chi connectivity index (χ3n) is 2.90. The molecule has 1 N–H and O–H groups in total. The van der Waals surface area contributed by atoms with E-state index < -0.39 is 10.0 Å². The molecule has 0 spiro atoms. The zero-order valence-electron chi connectivity index (χ0n) is 16.5. The first-order valence-electron chi connectivity index (χ1n) is 9.08. The van der Waals surface area contributed by atoms with Crippen molar-refractivity contribution in [2.45, 2.75) is 46.4 Å². The molecular weight excluding hydrogens is 344 g/mol. The topological polar surface area (TPSA) is 59.1 Å². The number of anilines is 1. The van der Waals surface area contributed by atoms with E-state index in [1.807, 2.05) is 65.8 Å². The molecule has 0 unspecified atom stereocenters. The molecule has 26 heavy (non-hydrogen) atoms. The van der Waals surface area contributed by atoms with Gasteiger partial charge in [0.05, 0.1) is 22.3 Å². The summed E-state index contributed by atoms with van der Waals surface area (Å²) >= 11 is 0. The number of benzene rings is 2. The van der Waals surface area contributed by atoms with Crippen LogP contribution in [0.15, 0.2) is 71.8 Å². The molecule has 1 aromatic heterocycles. The van der Waals surface area contributed by atoms with Gasteiger partial charge < -0.3 is 0 Å². The Labute approximate surface area is 158 Å². The zero-order valence-corrected chi connectivity index (χ0v) is 17.3. The summed E-state index contributed by atoms with van der Waals surface area (Å²) in [4.78, 5) is 4.46. The Morgan fingerprint density at radius 3 is 1.92 bits per heavy atom. The lowest BCUT2D eigenvalue weighted by Crippen LogP contribution is -2.12. The van der Waals surface area contributed by atoms with E-state index in [-0.39, 0.29) is 4.90 Å². The fourth-order valence-electron chi connectivity index (χ4n) is 1.94. The zero-order chi connectivity index (χ0) is 20.0. The van der Waals surface area contributed by atoms with E-state index in [0.29, 0.717) is 5.69 Å². The van der Waals surface area contributed by atoms with Gasteiger partial charge in [0.2, 0.25) is 0 Å². The van der Waals surface area contributed by atoms with Gasteiger partial charge in [-0.2, -0.15) is 0 Å². The number of pyridine rings is 1. The number of hydrogen-bond donors (Lipinski definition) is 1. The predicted octanol–water partition coefficient (Wildman–Crippen LogP) is 6.11. The van der Waals surface area contributed by atoms with Gasteiger partial charge >= 0.3 is 0 Å². The average Bonchev–Trinajstić information content (AvgIpc) is 2.73. The molecule has 0 radical (unpaired) electrons. The first-order valence-corrected chi connectivity index (χ1v) is 10.6. The van der Waals surface area contributed by atoms with E-state index in [0.717, 1.165) is 10.9 Å². The van der Waals surface area contributed by atoms with E-state index in [2.05, 4.69) is 9.71 Å². The van der Waals surface area contributed by atoms with Gasteiger partial charge in [-0.25, -0.2) is 8.42 Å². The second kappa shape index (κ2) is 12.9. The van der Waals surface area contributed by atoms with Crippen LogP contribution in [-0.2, 0) is 10.0 Å². The summed E-state index contributed by atoms with van der Waals surface area (Å²) in [6, 6.07) is 17.6. The Morgan fingerprint density at radius 2 is 1.31 bits per heavy atom. The maximum absolute atomic E-state index is 12.2. The van der Waals surface area contributed by atoms with Crippen molar-refractivity contribution < 1.29 is 8.42 Å². The SMILES string of the molecule is CC.CC.CC.O=S(=O)(Nc1cnc2ccccc2c1)c1ccccc1. The molecule has 0 saturated carbocycles. The molecule has 2 aromatic carbocycles. The summed E-state index contributed by atoms with van der Waals surface area (Å²) in [5, 5.41) is 0.890. The molecule has 5 heteroatoms. The third-order valence-corrected chi connectivity index (χ3v) is 4.29. The van der Waals surface area contributed by atoms with Gasteiger partial charge in [0.1, 0.15) is 0 Å². The monoisotopic (exact) mass is 374 g/mol. The van der Waals surface area contributed by atoms with Gasteiger partial charge in [-0.15, -0.1) is 0 Å². The smallest absolute Gasteiger partial charge is 0.261 e. The number of rotatable bonds is 3. The van der Waals surface area contributed by atoms with Crippen LogP contribution in [0.3, 0.4) is 0 Å². The minimum Gasteiger partial charge on any atom is -0.278 e. The number of hydrogen-bond acceptors (Lipinski definition) is 3. The highest BCUT2D eigenvalue weighted by Crippen LogP contribution is 2.19. The fourth-order valence-corrected chi connectivity index (χ4v) is 3.00. The van der Waals surface area contributed by atoms with Crippen LogP contribution in [0.4, 0.5) is 5.69 Å². The number of fused-ring (bicyclic) bond motifs is 1. The third kappa shape index (κ3) is 6.84. The van der Waals surface area contributed by atoms with E-state index in [4.69, 9.17) is 0 Å². The van der Waals surface area contributed by atoms with Crippen LogP contribution in [0.5, 0.6) is 0 Å². The summed E-state index contributed by atoms with van der Waals surface area (Å²) in [6.07, 6.45) is 1.52. The van der Waals surface area contributed by atoms with Crippen LogP contribution >= 0.6 is 0 Å². The molecule has 0 aliphatic carbocycles. The molecule has 0 saturated heterocycles. The summed E-state index contributed by atoms with van der Waals surface area (Å²) in [5.74, 6) is 0. The molecular formula is C21H30N2O2S. The predicted molar refractivity (Wildman–Crippen MR) is 113 cm³/mol. The summed E-state index contributed by atoms with van der Waals surface area (Å²) in [6.45, 7) is 12.0. The minimum absolute atomic E-state index is 0.230. The minimum atomic E-state index is -3.57. The van der Waals surface area contributed by atoms with E-state index in [1.165, 1.54) is 6.20 Å². The highest BCUT2D eigenvalue weighted by molar-refractivity contribution is 7.92. The quantitative estimate of drug-likeness (QED) is 0.601. The number of aromatic nitrogens is 1. The standard InChI is InChI=1S/C15H12N2O2S.3C2H6/c18-20(19,14-7-2-1-3-8-14)17-13-10-12-6-4-5-9-15(12)16-11-13;3*1-2/h1-11,17H;3*1-2H3. The summed E-state index contributed by atoms with van der Waals surface area (Å²) in [5.41, 5.74) is 1.28. The van der Waals surface area contributed by atoms with Gasteiger partial charge in [-0.1, -0.05) is 77.9 Å². The highest BCUT2D eigenvalue weighted by atomic mass is 32.2. The van der Waals surface area contributed by atoms with Crippen molar-refractivity contribution in [3.8, 4) is 0 Å². The molecule has 0 atom stereocenters. The van der Waals surface area contributed by atoms with Crippen molar-refractivity contribution in [2.24, 2.45) is 0 Å². The molecule has 3 aromatic rings. The number of nitrogens with one attached hydrogen (secondary N) is 1. The maximum Gasteiger partial charge on any atom is 0.261 e. The molecule has 4 nitrogen and oxygen atoms in total. The fraction of sp³-hybridized carbons (Fsp3) is 0.286. The van der Waals surface area contributed by atoms with Crippen LogP contribution < -0.4 is 4.72 Å². The van der Waals surface area contributed by atoms with Gasteiger partial charge in [-0.05, 0) is 24.3 Å². The second-order valence-corrected chi connectivity index (χ2v) is 6.02. The molecule has 142 valence electrons. The summed E-state index contributed by atoms with van der Waals surface area (Å²) in [7, 11) is -3.57. The Hall–Kier alpha value is -2.40. The van der Waals surface area contributed by atoms with Gasteiger partial charge in [0.15, 0.2) is 0 Å². The number of nitrogens with zero attached hydrogens (tertiary/aromatic N) is 1. The van der Waals surface area contributed by atoms with Crippen LogP contribution in [0.25, 0.3) is 10.9 Å². The normalized spacial score (nSPS) is 9.46. The molecule has 1 heterocycles. The largest absolute Gasteiger partial charge is 0.278 e. The van der Waals surface area contributed by atoms with Crippen LogP contribution in [0, 0.1) is 0 Å². The highest BCUT2D eigenvalue weighted by Gasteiger charge is 2.13. The van der Waals surface area contributed by atoms with E-state index in [9.17, 15) is 8.42 Å². The van der Waals surface area contributed by atoms with Crippen molar-refractivity contribution in [3.05, 3.63) is 66.9 Å². The van der Waals surface area contributed by atoms with Crippen molar-refractivity contribution in [3.63, 3.8) is 0 Å². The lowest BCUT2D eigenvalue weighted by Gasteiger charge is -2.08. The Morgan fingerprint density at radius 1 is 0.769 bits per heavy atom. The molecule has 3 rings (SSSR count). The molecule has 0 bridgehead atoms. The second-order valence-electron chi connectivity index (χ2n) is 4.34. The van der Waals surface area contributed by atoms with Gasteiger partial charge in [0, 0.05) is 5.39 Å². The maximum atomic E-state index is 12.2. The first kappa shape index (κ1) is 23.6. The molecule has 0 fully saturated rings. The molecule has 0 aliphatic rings. The van der Waals surface area contributed by atoms with Gasteiger partial charge in [-0.3, -0.25) is 9.71 Å². The van der Waals surface area contributed by atoms with Crippen molar-refractivity contribution in [1.29, 1.82) is 0 Å². The Bertz CT molecular complexity index is 848. The Balaban J connectivity index is 0.000000948. The van der Waals surface area contributed by atoms with Crippen molar-refractivity contribution >= 4 is 26.6 Å². The molecule has 0 aliphatic heterocycles. The van der Waals surface area contributed by atoms with E-state index in [1.54, 1.807) is 36.4 Å². The van der Waals surface area contributed by atoms with Crippen LogP contribution in [0.1, 0.15) is 41.5 Å². The van der Waals surface area contributed by atoms with Gasteiger partial charge in [0.25, 0.3) is 10.0 Å². The number of para-hydroxylation sites is 1. The van der Waals surface area contributed by atoms with Crippen LogP contribution in [0.2, 0.25) is 0 Å². The van der Waals surface area contributed by atoms with E-state index >= 15 is 0 Å². The summed E-state index contributed by atoms with van der Waals surface area (Å²) < 4.78 is 26.9. The molecule has 0 amide bonds. The average molecular weight is 375 g/mol. The van der Waals surface area contributed by atoms with Crippen molar-refractivity contribution in [1.82, 2.24) is 4.98 Å².